The molecule has 9 nitrogen and oxygen atoms in total. The van der Waals surface area contributed by atoms with Gasteiger partial charge in [0.25, 0.3) is 0 Å². The average Bonchev–Trinajstić information content (AvgIpc) is 4.31. The van der Waals surface area contributed by atoms with Crippen molar-refractivity contribution in [3.8, 4) is 68.3 Å². The van der Waals surface area contributed by atoms with Crippen molar-refractivity contribution in [2.24, 2.45) is 0 Å². The van der Waals surface area contributed by atoms with Crippen molar-refractivity contribution >= 4 is 0 Å². The fourth-order valence-corrected chi connectivity index (χ4v) is 13.4. The Hall–Kier alpha value is -6.87. The van der Waals surface area contributed by atoms with Crippen LogP contribution in [0.4, 0.5) is 0 Å². The fourth-order valence-electron chi connectivity index (χ4n) is 13.4. The molecular formula is C65H79N9. The Morgan fingerprint density at radius 1 is 0.324 bits per heavy atom. The SMILES string of the molecule is CCc1c[nH]c(-c2cccc(-c3[nH]c(C4c5[nH]c(c(CC)c5CC)-c5cccc(n5)-c5[nH]c(c(CC)c5CC)Cc5[nH]c(c(CC)c5CC)-c5cccc(n5)-c5[nH]c4c(CC)c5CC)c(CC)c3CC)n2)c1CC. The summed E-state index contributed by atoms with van der Waals surface area (Å²) in [6.45, 7) is 27.6. The van der Waals surface area contributed by atoms with E-state index in [4.69, 9.17) is 15.0 Å². The summed E-state index contributed by atoms with van der Waals surface area (Å²) in [7, 11) is 0. The van der Waals surface area contributed by atoms with Gasteiger partial charge in [-0.1, -0.05) is 101 Å². The number of aromatic nitrogens is 9. The molecule has 0 amide bonds. The first kappa shape index (κ1) is 50.7. The fraction of sp³-hybridized carbons (Fsp3) is 0.400. The van der Waals surface area contributed by atoms with Crippen molar-refractivity contribution in [2.75, 3.05) is 0 Å². The lowest BCUT2D eigenvalue weighted by molar-refractivity contribution is 0.815. The lowest BCUT2D eigenvalue weighted by atomic mass is 9.85. The van der Waals surface area contributed by atoms with Gasteiger partial charge in [0, 0.05) is 41.1 Å². The molecular weight excluding hydrogens is 907 g/mol. The third-order valence-electron chi connectivity index (χ3n) is 16.7. The van der Waals surface area contributed by atoms with Crippen molar-refractivity contribution in [2.45, 2.75) is 172 Å². The Morgan fingerprint density at radius 3 is 0.905 bits per heavy atom. The summed E-state index contributed by atoms with van der Waals surface area (Å²) in [5.41, 5.74) is 35.0. The first-order chi connectivity index (χ1) is 36.2. The molecule has 6 N–H and O–H groups in total. The average molecular weight is 986 g/mol. The van der Waals surface area contributed by atoms with Gasteiger partial charge in [-0.2, -0.15) is 0 Å². The van der Waals surface area contributed by atoms with Gasteiger partial charge >= 0.3 is 0 Å². The standard InChI is InChI=1S/C65H79N9/c1-13-36-35-66-57(37(36)14-2)48-28-25-31-51(67-48)60-42(19-7)45(22-10)63(72-60)56-64-46(23-11)43(20-8)61(73-64)52-32-26-29-49(68-52)58-40(17-5)38(15-3)54(70-58)34-55-39(16-4)41(18-6)59(71-55)50-30-27-33-53(69-50)62-44(21-9)47(24-12)65(56)74-62/h25-33,35,56,66,70-74H,13-24,34H2,1-12H3. The van der Waals surface area contributed by atoms with Crippen molar-refractivity contribution in [3.05, 3.63) is 156 Å². The van der Waals surface area contributed by atoms with E-state index < -0.39 is 0 Å². The molecule has 0 atom stereocenters. The van der Waals surface area contributed by atoms with Crippen LogP contribution < -0.4 is 0 Å². The van der Waals surface area contributed by atoms with Crippen LogP contribution in [0.1, 0.15) is 184 Å². The molecule has 12 bridgehead atoms. The first-order valence-electron chi connectivity index (χ1n) is 28.5. The van der Waals surface area contributed by atoms with Crippen molar-refractivity contribution in [1.29, 1.82) is 0 Å². The summed E-state index contributed by atoms with van der Waals surface area (Å²) in [4.78, 5) is 41.1. The van der Waals surface area contributed by atoms with Gasteiger partial charge in [-0.05, 0) is 180 Å². The molecule has 0 saturated heterocycles. The molecule has 0 saturated carbocycles. The third kappa shape index (κ3) is 8.26. The van der Waals surface area contributed by atoms with Crippen molar-refractivity contribution < 1.29 is 0 Å². The van der Waals surface area contributed by atoms with E-state index in [0.717, 1.165) is 152 Å². The van der Waals surface area contributed by atoms with Crippen LogP contribution >= 0.6 is 0 Å². The van der Waals surface area contributed by atoms with Gasteiger partial charge in [0.1, 0.15) is 0 Å². The van der Waals surface area contributed by atoms with Crippen LogP contribution in [-0.2, 0) is 83.5 Å². The number of hydrogen-bond acceptors (Lipinski definition) is 3. The number of fused-ring (bicyclic) bond motifs is 16. The first-order valence-corrected chi connectivity index (χ1v) is 28.5. The van der Waals surface area contributed by atoms with E-state index in [2.05, 4.69) is 174 Å². The molecule has 384 valence electrons. The number of aryl methyl sites for hydroxylation is 1. The molecule has 0 radical (unpaired) electrons. The molecule has 9 aromatic heterocycles. The van der Waals surface area contributed by atoms with Crippen LogP contribution in [0.2, 0.25) is 0 Å². The highest BCUT2D eigenvalue weighted by Crippen LogP contribution is 2.46. The molecule has 10 rings (SSSR count). The molecule has 0 unspecified atom stereocenters. The molecule has 1 aliphatic heterocycles. The van der Waals surface area contributed by atoms with Crippen LogP contribution in [0.5, 0.6) is 0 Å². The number of pyridine rings is 3. The highest BCUT2D eigenvalue weighted by Gasteiger charge is 2.35. The Bertz CT molecular complexity index is 3320. The number of nitrogens with zero attached hydrogens (tertiary/aromatic N) is 3. The van der Waals surface area contributed by atoms with Gasteiger partial charge in [0.2, 0.25) is 0 Å². The predicted molar refractivity (Wildman–Crippen MR) is 308 cm³/mol. The highest BCUT2D eigenvalue weighted by atomic mass is 14.9. The zero-order chi connectivity index (χ0) is 51.9. The van der Waals surface area contributed by atoms with E-state index >= 15 is 0 Å². The number of aromatic amines is 6. The Kier molecular flexibility index (Phi) is 14.5. The predicted octanol–water partition coefficient (Wildman–Crippen LogP) is 15.7. The van der Waals surface area contributed by atoms with Crippen LogP contribution in [-0.4, -0.2) is 44.9 Å². The second kappa shape index (κ2) is 21.2. The smallest absolute Gasteiger partial charge is 0.0875 e. The van der Waals surface area contributed by atoms with E-state index in [1.807, 2.05) is 0 Å². The van der Waals surface area contributed by atoms with Gasteiger partial charge in [0.15, 0.2) is 0 Å². The van der Waals surface area contributed by atoms with Gasteiger partial charge in [-0.15, -0.1) is 0 Å². The summed E-state index contributed by atoms with van der Waals surface area (Å²) in [6, 6.07) is 19.8. The van der Waals surface area contributed by atoms with Gasteiger partial charge in [-0.25, -0.2) is 15.0 Å². The maximum Gasteiger partial charge on any atom is 0.0875 e. The molecule has 1 aliphatic rings. The van der Waals surface area contributed by atoms with Crippen molar-refractivity contribution in [3.63, 3.8) is 0 Å². The maximum atomic E-state index is 5.64. The van der Waals surface area contributed by atoms with Gasteiger partial charge < -0.3 is 29.9 Å². The lowest BCUT2D eigenvalue weighted by Gasteiger charge is -2.21. The third-order valence-corrected chi connectivity index (χ3v) is 16.7. The zero-order valence-corrected chi connectivity index (χ0v) is 46.4. The molecule has 9 heteroatoms. The number of rotatable bonds is 15. The van der Waals surface area contributed by atoms with Gasteiger partial charge in [0.05, 0.1) is 74.2 Å². The molecule has 74 heavy (non-hydrogen) atoms. The maximum absolute atomic E-state index is 5.64. The number of hydrogen-bond donors (Lipinski definition) is 6. The monoisotopic (exact) mass is 986 g/mol. The molecule has 0 fully saturated rings. The summed E-state index contributed by atoms with van der Waals surface area (Å²) in [5.74, 6) is -0.191. The molecule has 10 heterocycles. The highest BCUT2D eigenvalue weighted by molar-refractivity contribution is 5.75. The molecule has 9 aromatic rings. The summed E-state index contributed by atoms with van der Waals surface area (Å²) in [6.07, 6.45) is 13.9. The normalized spacial score (nSPS) is 12.6. The Morgan fingerprint density at radius 2 is 0.608 bits per heavy atom. The summed E-state index contributed by atoms with van der Waals surface area (Å²) in [5, 5.41) is 0. The Labute approximate surface area is 439 Å². The number of H-pyrrole nitrogens is 6. The second-order valence-electron chi connectivity index (χ2n) is 20.2. The van der Waals surface area contributed by atoms with E-state index in [1.54, 1.807) is 0 Å². The van der Waals surface area contributed by atoms with E-state index in [0.29, 0.717) is 0 Å². The topological polar surface area (TPSA) is 133 Å². The molecule has 0 aliphatic carbocycles. The zero-order valence-electron chi connectivity index (χ0n) is 46.4. The lowest BCUT2D eigenvalue weighted by Crippen LogP contribution is -2.12. The number of nitrogens with one attached hydrogen (secondary N) is 6. The van der Waals surface area contributed by atoms with E-state index in [-0.39, 0.29) is 5.92 Å². The van der Waals surface area contributed by atoms with Crippen LogP contribution in [0.25, 0.3) is 68.3 Å². The minimum Gasteiger partial charge on any atom is -0.359 e. The van der Waals surface area contributed by atoms with E-state index in [9.17, 15) is 0 Å². The van der Waals surface area contributed by atoms with Crippen LogP contribution in [0.15, 0.2) is 60.8 Å². The van der Waals surface area contributed by atoms with Gasteiger partial charge in [-0.3, -0.25) is 0 Å². The second-order valence-corrected chi connectivity index (χ2v) is 20.2. The van der Waals surface area contributed by atoms with Crippen molar-refractivity contribution in [1.82, 2.24) is 44.9 Å². The van der Waals surface area contributed by atoms with Crippen LogP contribution in [0, 0.1) is 0 Å². The summed E-state index contributed by atoms with van der Waals surface area (Å²) < 4.78 is 0. The molecule has 0 spiro atoms. The Balaban J connectivity index is 1.29. The molecule has 0 aromatic carbocycles. The minimum absolute atomic E-state index is 0.191. The van der Waals surface area contributed by atoms with Crippen LogP contribution in [0.3, 0.4) is 0 Å². The quantitative estimate of drug-likeness (QED) is 0.0611. The summed E-state index contributed by atoms with van der Waals surface area (Å²) >= 11 is 0. The largest absolute Gasteiger partial charge is 0.359 e. The van der Waals surface area contributed by atoms with E-state index in [1.165, 1.54) is 95.2 Å². The minimum atomic E-state index is -0.191.